The Morgan fingerprint density at radius 2 is 2.00 bits per heavy atom. The molecule has 0 aliphatic heterocycles. The Balaban J connectivity index is 2.47. The molecule has 2 unspecified atom stereocenters. The Morgan fingerprint density at radius 1 is 1.42 bits per heavy atom. The van der Waals surface area contributed by atoms with Crippen LogP contribution < -0.4 is 5.73 Å². The highest BCUT2D eigenvalue weighted by molar-refractivity contribution is 4.97. The first-order valence-electron chi connectivity index (χ1n) is 4.82. The van der Waals surface area contributed by atoms with Crippen molar-refractivity contribution >= 4 is 0 Å². The maximum Gasteiger partial charge on any atom is 0.0674 e. The highest BCUT2D eigenvalue weighted by Gasteiger charge is 2.31. The number of nitrogens with zero attached hydrogens (tertiary/aromatic N) is 1. The van der Waals surface area contributed by atoms with Gasteiger partial charge in [0, 0.05) is 6.04 Å². The summed E-state index contributed by atoms with van der Waals surface area (Å²) in [4.78, 5) is 0. The molecule has 68 valence electrons. The summed E-state index contributed by atoms with van der Waals surface area (Å²) in [6.45, 7) is 4.15. The second-order valence-corrected chi connectivity index (χ2v) is 4.17. The number of hydrogen-bond acceptors (Lipinski definition) is 2. The van der Waals surface area contributed by atoms with Crippen molar-refractivity contribution in [2.45, 2.75) is 39.2 Å². The second-order valence-electron chi connectivity index (χ2n) is 4.17. The van der Waals surface area contributed by atoms with Crippen molar-refractivity contribution in [3.05, 3.63) is 0 Å². The number of hydrogen-bond donors (Lipinski definition) is 1. The summed E-state index contributed by atoms with van der Waals surface area (Å²) < 4.78 is 0. The molecule has 2 N–H and O–H groups in total. The van der Waals surface area contributed by atoms with Crippen molar-refractivity contribution < 1.29 is 0 Å². The maximum atomic E-state index is 8.91. The van der Waals surface area contributed by atoms with E-state index in [0.29, 0.717) is 11.8 Å². The van der Waals surface area contributed by atoms with Crippen LogP contribution in [0.15, 0.2) is 0 Å². The Morgan fingerprint density at radius 3 is 2.25 bits per heavy atom. The molecular formula is C10H18N2. The highest BCUT2D eigenvalue weighted by Crippen LogP contribution is 2.33. The molecule has 0 saturated heterocycles. The van der Waals surface area contributed by atoms with Gasteiger partial charge in [-0.05, 0) is 24.7 Å². The molecule has 0 bridgehead atoms. The Hall–Kier alpha value is -0.550. The van der Waals surface area contributed by atoms with Gasteiger partial charge < -0.3 is 5.73 Å². The molecule has 0 spiro atoms. The molecule has 1 saturated carbocycles. The molecule has 2 nitrogen and oxygen atoms in total. The first-order valence-corrected chi connectivity index (χ1v) is 4.82. The van der Waals surface area contributed by atoms with Crippen LogP contribution in [-0.4, -0.2) is 6.04 Å². The molecule has 0 heterocycles. The smallest absolute Gasteiger partial charge is 0.0674 e. The van der Waals surface area contributed by atoms with Crippen molar-refractivity contribution in [2.75, 3.05) is 0 Å². The van der Waals surface area contributed by atoms with Gasteiger partial charge in [-0.3, -0.25) is 0 Å². The van der Waals surface area contributed by atoms with Crippen molar-refractivity contribution in [2.24, 2.45) is 23.5 Å². The van der Waals surface area contributed by atoms with E-state index in [1.54, 1.807) is 0 Å². The zero-order valence-corrected chi connectivity index (χ0v) is 7.96. The van der Waals surface area contributed by atoms with Crippen LogP contribution in [-0.2, 0) is 0 Å². The zero-order valence-electron chi connectivity index (χ0n) is 7.96. The van der Waals surface area contributed by atoms with E-state index in [1.165, 1.54) is 19.3 Å². The van der Waals surface area contributed by atoms with Gasteiger partial charge in [-0.1, -0.05) is 20.3 Å². The molecular weight excluding hydrogens is 148 g/mol. The van der Waals surface area contributed by atoms with Crippen LogP contribution in [0.5, 0.6) is 0 Å². The van der Waals surface area contributed by atoms with Crippen LogP contribution in [0, 0.1) is 29.1 Å². The average Bonchev–Trinajstić information content (AvgIpc) is 1.83. The predicted octanol–water partition coefficient (Wildman–Crippen LogP) is 1.91. The van der Waals surface area contributed by atoms with Crippen LogP contribution >= 0.6 is 0 Å². The van der Waals surface area contributed by atoms with E-state index in [4.69, 9.17) is 11.0 Å². The number of rotatable bonds is 3. The standard InChI is InChI=1S/C10H18N2/c1-7(2)9(6-11)10(12)8-4-3-5-8/h7-10H,3-5,12H2,1-2H3. The van der Waals surface area contributed by atoms with E-state index in [9.17, 15) is 0 Å². The van der Waals surface area contributed by atoms with E-state index in [-0.39, 0.29) is 12.0 Å². The first-order chi connectivity index (χ1) is 5.66. The molecule has 0 amide bonds. The zero-order chi connectivity index (χ0) is 9.14. The third kappa shape index (κ3) is 1.78. The molecule has 0 aromatic carbocycles. The molecule has 0 aromatic rings. The van der Waals surface area contributed by atoms with Crippen molar-refractivity contribution in [3.63, 3.8) is 0 Å². The molecule has 2 heteroatoms. The van der Waals surface area contributed by atoms with E-state index in [2.05, 4.69) is 19.9 Å². The summed E-state index contributed by atoms with van der Waals surface area (Å²) in [5.74, 6) is 1.07. The third-order valence-corrected chi connectivity index (χ3v) is 2.98. The molecule has 0 aromatic heterocycles. The molecule has 1 aliphatic rings. The minimum atomic E-state index is 0.0512. The van der Waals surface area contributed by atoms with Crippen molar-refractivity contribution in [3.8, 4) is 6.07 Å². The van der Waals surface area contributed by atoms with E-state index >= 15 is 0 Å². The van der Waals surface area contributed by atoms with Gasteiger partial charge in [0.1, 0.15) is 0 Å². The lowest BCUT2D eigenvalue weighted by atomic mass is 9.73. The van der Waals surface area contributed by atoms with E-state index < -0.39 is 0 Å². The van der Waals surface area contributed by atoms with Gasteiger partial charge in [-0.15, -0.1) is 0 Å². The molecule has 0 radical (unpaired) electrons. The van der Waals surface area contributed by atoms with Crippen LogP contribution in [0.4, 0.5) is 0 Å². The second kappa shape index (κ2) is 3.91. The van der Waals surface area contributed by atoms with Crippen LogP contribution in [0.3, 0.4) is 0 Å². The van der Waals surface area contributed by atoms with Crippen molar-refractivity contribution in [1.29, 1.82) is 5.26 Å². The topological polar surface area (TPSA) is 49.8 Å². The molecule has 12 heavy (non-hydrogen) atoms. The Kier molecular flexibility index (Phi) is 3.11. The SMILES string of the molecule is CC(C)C(C#N)C(N)C1CCC1. The molecule has 1 aliphatic carbocycles. The van der Waals surface area contributed by atoms with E-state index in [1.807, 2.05) is 0 Å². The fourth-order valence-electron chi connectivity index (χ4n) is 1.80. The molecule has 1 rings (SSSR count). The van der Waals surface area contributed by atoms with Gasteiger partial charge in [0.15, 0.2) is 0 Å². The van der Waals surface area contributed by atoms with Crippen LogP contribution in [0.1, 0.15) is 33.1 Å². The Bertz CT molecular complexity index is 177. The van der Waals surface area contributed by atoms with Gasteiger partial charge >= 0.3 is 0 Å². The predicted molar refractivity (Wildman–Crippen MR) is 49.3 cm³/mol. The lowest BCUT2D eigenvalue weighted by Gasteiger charge is -2.34. The minimum Gasteiger partial charge on any atom is -0.326 e. The summed E-state index contributed by atoms with van der Waals surface area (Å²) >= 11 is 0. The fraction of sp³-hybridized carbons (Fsp3) is 0.900. The molecule has 2 atom stereocenters. The van der Waals surface area contributed by atoms with Gasteiger partial charge in [-0.25, -0.2) is 0 Å². The normalized spacial score (nSPS) is 22.9. The van der Waals surface area contributed by atoms with Gasteiger partial charge in [0.05, 0.1) is 12.0 Å². The Labute approximate surface area is 74.8 Å². The quantitative estimate of drug-likeness (QED) is 0.696. The lowest BCUT2D eigenvalue weighted by Crippen LogP contribution is -2.42. The summed E-state index contributed by atoms with van der Waals surface area (Å²) in [5, 5.41) is 8.91. The summed E-state index contributed by atoms with van der Waals surface area (Å²) in [5.41, 5.74) is 6.01. The van der Waals surface area contributed by atoms with E-state index in [0.717, 1.165) is 0 Å². The maximum absolute atomic E-state index is 8.91. The van der Waals surface area contributed by atoms with Gasteiger partial charge in [0.25, 0.3) is 0 Å². The van der Waals surface area contributed by atoms with Crippen LogP contribution in [0.2, 0.25) is 0 Å². The monoisotopic (exact) mass is 166 g/mol. The number of nitriles is 1. The molecule has 1 fully saturated rings. The third-order valence-electron chi connectivity index (χ3n) is 2.98. The average molecular weight is 166 g/mol. The number of nitrogens with two attached hydrogens (primary N) is 1. The lowest BCUT2D eigenvalue weighted by molar-refractivity contribution is 0.206. The summed E-state index contributed by atoms with van der Waals surface area (Å²) in [6.07, 6.45) is 3.76. The fourth-order valence-corrected chi connectivity index (χ4v) is 1.80. The highest BCUT2D eigenvalue weighted by atomic mass is 14.7. The van der Waals surface area contributed by atoms with Crippen LogP contribution in [0.25, 0.3) is 0 Å². The first kappa shape index (κ1) is 9.54. The summed E-state index contributed by atoms with van der Waals surface area (Å²) in [6, 6.07) is 2.44. The summed E-state index contributed by atoms with van der Waals surface area (Å²) in [7, 11) is 0. The minimum absolute atomic E-state index is 0.0512. The van der Waals surface area contributed by atoms with Crippen molar-refractivity contribution in [1.82, 2.24) is 0 Å². The van der Waals surface area contributed by atoms with Gasteiger partial charge in [0.2, 0.25) is 0 Å². The largest absolute Gasteiger partial charge is 0.326 e. The van der Waals surface area contributed by atoms with Gasteiger partial charge in [-0.2, -0.15) is 5.26 Å².